The summed E-state index contributed by atoms with van der Waals surface area (Å²) in [4.78, 5) is 25.8. The summed E-state index contributed by atoms with van der Waals surface area (Å²) < 4.78 is 25.0. The van der Waals surface area contributed by atoms with Gasteiger partial charge < -0.3 is 14.4 Å². The zero-order valence-electron chi connectivity index (χ0n) is 17.4. The Bertz CT molecular complexity index is 992. The van der Waals surface area contributed by atoms with Crippen molar-refractivity contribution in [3.8, 4) is 11.5 Å². The summed E-state index contributed by atoms with van der Waals surface area (Å²) in [6.07, 6.45) is 0.325. The Morgan fingerprint density at radius 1 is 1.17 bits per heavy atom. The van der Waals surface area contributed by atoms with Gasteiger partial charge >= 0.3 is 0 Å². The van der Waals surface area contributed by atoms with Crippen molar-refractivity contribution in [1.29, 1.82) is 0 Å². The summed E-state index contributed by atoms with van der Waals surface area (Å²) in [6, 6.07) is 11.2. The minimum atomic E-state index is -0.465. The molecule has 0 aliphatic carbocycles. The number of halogens is 1. The molecule has 30 heavy (non-hydrogen) atoms. The van der Waals surface area contributed by atoms with E-state index in [4.69, 9.17) is 9.47 Å². The predicted molar refractivity (Wildman–Crippen MR) is 110 cm³/mol. The van der Waals surface area contributed by atoms with Gasteiger partial charge in [-0.05, 0) is 23.8 Å². The van der Waals surface area contributed by atoms with Crippen LogP contribution >= 0.6 is 0 Å². The van der Waals surface area contributed by atoms with Gasteiger partial charge in [0.1, 0.15) is 12.4 Å². The third kappa shape index (κ3) is 4.27. The van der Waals surface area contributed by atoms with Gasteiger partial charge in [0, 0.05) is 26.0 Å². The lowest BCUT2D eigenvalue weighted by molar-refractivity contribution is -0.139. The summed E-state index contributed by atoms with van der Waals surface area (Å²) in [7, 11) is 4.62. The molecule has 0 spiro atoms. The second-order valence-corrected chi connectivity index (χ2v) is 6.97. The summed E-state index contributed by atoms with van der Waals surface area (Å²) in [5.74, 6) is 0.0751. The van der Waals surface area contributed by atoms with E-state index in [1.807, 2.05) is 6.07 Å². The van der Waals surface area contributed by atoms with E-state index < -0.39 is 11.9 Å². The average Bonchev–Trinajstić information content (AvgIpc) is 3.18. The molecule has 0 aromatic heterocycles. The van der Waals surface area contributed by atoms with E-state index in [9.17, 15) is 14.0 Å². The molecule has 1 heterocycles. The molecule has 2 aromatic rings. The number of benzene rings is 2. The number of hydrazone groups is 1. The van der Waals surface area contributed by atoms with Gasteiger partial charge in [-0.3, -0.25) is 9.59 Å². The smallest absolute Gasteiger partial charge is 0.262 e. The number of methoxy groups -OCH3 is 2. The zero-order valence-corrected chi connectivity index (χ0v) is 17.4. The Labute approximate surface area is 174 Å². The highest BCUT2D eigenvalue weighted by Crippen LogP contribution is 2.37. The van der Waals surface area contributed by atoms with E-state index in [0.29, 0.717) is 29.2 Å². The van der Waals surface area contributed by atoms with Crippen molar-refractivity contribution in [2.45, 2.75) is 19.4 Å². The molecule has 3 rings (SSSR count). The second kappa shape index (κ2) is 8.94. The average molecular weight is 413 g/mol. The number of hydrogen-bond donors (Lipinski definition) is 0. The number of rotatable bonds is 6. The number of nitrogens with zero attached hydrogens (tertiary/aromatic N) is 3. The SMILES string of the molecule is COc1ccc([C@H]2CC(c3ccccc3F)=NN2C(=O)CN(C)C(C)=O)cc1OC. The molecular formula is C22H24FN3O4. The van der Waals surface area contributed by atoms with Crippen molar-refractivity contribution < 1.29 is 23.5 Å². The van der Waals surface area contributed by atoms with Crippen LogP contribution in [0.2, 0.25) is 0 Å². The van der Waals surface area contributed by atoms with Crippen LogP contribution in [0.25, 0.3) is 0 Å². The Kier molecular flexibility index (Phi) is 6.34. The maximum atomic E-state index is 14.4. The Hall–Kier alpha value is -3.42. The van der Waals surface area contributed by atoms with Crippen molar-refractivity contribution in [2.75, 3.05) is 27.8 Å². The van der Waals surface area contributed by atoms with Crippen molar-refractivity contribution in [3.05, 3.63) is 59.4 Å². The van der Waals surface area contributed by atoms with Crippen LogP contribution in [0.4, 0.5) is 4.39 Å². The van der Waals surface area contributed by atoms with Crippen LogP contribution < -0.4 is 9.47 Å². The van der Waals surface area contributed by atoms with Crippen LogP contribution in [0, 0.1) is 5.82 Å². The largest absolute Gasteiger partial charge is 0.493 e. The normalized spacial score (nSPS) is 15.6. The third-order valence-electron chi connectivity index (χ3n) is 5.05. The molecule has 2 amide bonds. The lowest BCUT2D eigenvalue weighted by atomic mass is 9.97. The second-order valence-electron chi connectivity index (χ2n) is 6.97. The van der Waals surface area contributed by atoms with Crippen LogP contribution in [0.5, 0.6) is 11.5 Å². The quantitative estimate of drug-likeness (QED) is 0.730. The molecule has 0 radical (unpaired) electrons. The van der Waals surface area contributed by atoms with Crippen LogP contribution in [0.3, 0.4) is 0 Å². The standard InChI is InChI=1S/C22H24FN3O4/c1-14(27)25(2)13-22(28)26-19(15-9-10-20(29-3)21(11-15)30-4)12-18(24-26)16-7-5-6-8-17(16)23/h5-11,19H,12-13H2,1-4H3/t19-/m1/s1. The fourth-order valence-corrected chi connectivity index (χ4v) is 3.30. The van der Waals surface area contributed by atoms with E-state index in [2.05, 4.69) is 5.10 Å². The lowest BCUT2D eigenvalue weighted by Gasteiger charge is -2.25. The van der Waals surface area contributed by atoms with Crippen LogP contribution in [0.1, 0.15) is 30.5 Å². The highest BCUT2D eigenvalue weighted by atomic mass is 19.1. The zero-order chi connectivity index (χ0) is 21.8. The molecule has 1 atom stereocenters. The first-order valence-corrected chi connectivity index (χ1v) is 9.43. The highest BCUT2D eigenvalue weighted by molar-refractivity contribution is 6.03. The summed E-state index contributed by atoms with van der Waals surface area (Å²) >= 11 is 0. The van der Waals surface area contributed by atoms with Gasteiger partial charge in [-0.1, -0.05) is 24.3 Å². The van der Waals surface area contributed by atoms with Crippen molar-refractivity contribution in [2.24, 2.45) is 5.10 Å². The summed E-state index contributed by atoms with van der Waals surface area (Å²) in [6.45, 7) is 1.25. The molecule has 158 valence electrons. The molecule has 2 aromatic carbocycles. The fourth-order valence-electron chi connectivity index (χ4n) is 3.30. The number of likely N-dealkylation sites (N-methyl/N-ethyl adjacent to an activating group) is 1. The van der Waals surface area contributed by atoms with Crippen LogP contribution in [-0.4, -0.2) is 55.2 Å². The number of amides is 2. The molecule has 7 nitrogen and oxygen atoms in total. The number of ether oxygens (including phenoxy) is 2. The number of hydrogen-bond acceptors (Lipinski definition) is 5. The fraction of sp³-hybridized carbons (Fsp3) is 0.318. The topological polar surface area (TPSA) is 71.4 Å². The summed E-state index contributed by atoms with van der Waals surface area (Å²) in [5.41, 5.74) is 1.58. The van der Waals surface area contributed by atoms with E-state index >= 15 is 0 Å². The molecule has 0 fully saturated rings. The molecule has 1 aliphatic heterocycles. The molecule has 1 aliphatic rings. The summed E-state index contributed by atoms with van der Waals surface area (Å²) in [5, 5.41) is 5.76. The molecule has 0 N–H and O–H groups in total. The minimum absolute atomic E-state index is 0.132. The van der Waals surface area contributed by atoms with E-state index in [1.54, 1.807) is 44.5 Å². The lowest BCUT2D eigenvalue weighted by Crippen LogP contribution is -2.38. The van der Waals surface area contributed by atoms with Gasteiger partial charge in [0.15, 0.2) is 11.5 Å². The van der Waals surface area contributed by atoms with Gasteiger partial charge in [-0.25, -0.2) is 9.40 Å². The van der Waals surface area contributed by atoms with Gasteiger partial charge in [0.25, 0.3) is 5.91 Å². The molecule has 8 heteroatoms. The number of carbonyl (C=O) groups is 2. The van der Waals surface area contributed by atoms with E-state index in [0.717, 1.165) is 5.56 Å². The van der Waals surface area contributed by atoms with Gasteiger partial charge in [-0.15, -0.1) is 0 Å². The first-order valence-electron chi connectivity index (χ1n) is 9.43. The molecule has 0 bridgehead atoms. The predicted octanol–water partition coefficient (Wildman–Crippen LogP) is 3.00. The van der Waals surface area contributed by atoms with Crippen LogP contribution in [-0.2, 0) is 9.59 Å². The Morgan fingerprint density at radius 2 is 1.87 bits per heavy atom. The van der Waals surface area contributed by atoms with E-state index in [-0.39, 0.29) is 18.4 Å². The molecule has 0 saturated carbocycles. The highest BCUT2D eigenvalue weighted by Gasteiger charge is 2.34. The van der Waals surface area contributed by atoms with Crippen molar-refractivity contribution >= 4 is 17.5 Å². The molecule has 0 saturated heterocycles. The van der Waals surface area contributed by atoms with Gasteiger partial charge in [-0.2, -0.15) is 5.10 Å². The maximum absolute atomic E-state index is 14.4. The molecule has 0 unspecified atom stereocenters. The van der Waals surface area contributed by atoms with Gasteiger partial charge in [0.2, 0.25) is 5.91 Å². The van der Waals surface area contributed by atoms with Crippen molar-refractivity contribution in [1.82, 2.24) is 9.91 Å². The number of carbonyl (C=O) groups excluding carboxylic acids is 2. The minimum Gasteiger partial charge on any atom is -0.493 e. The van der Waals surface area contributed by atoms with Gasteiger partial charge in [0.05, 0.1) is 26.0 Å². The van der Waals surface area contributed by atoms with Crippen LogP contribution in [0.15, 0.2) is 47.6 Å². The van der Waals surface area contributed by atoms with Crippen molar-refractivity contribution in [3.63, 3.8) is 0 Å². The third-order valence-corrected chi connectivity index (χ3v) is 5.05. The first-order chi connectivity index (χ1) is 14.3. The van der Waals surface area contributed by atoms with E-state index in [1.165, 1.54) is 30.0 Å². The molecular weight excluding hydrogens is 389 g/mol. The Balaban J connectivity index is 1.99. The first kappa shape index (κ1) is 21.3. The monoisotopic (exact) mass is 413 g/mol. The maximum Gasteiger partial charge on any atom is 0.262 e. The Morgan fingerprint density at radius 3 is 2.50 bits per heavy atom.